The summed E-state index contributed by atoms with van der Waals surface area (Å²) in [5.74, 6) is 0. The maximum atomic E-state index is 11.7. The summed E-state index contributed by atoms with van der Waals surface area (Å²) in [6.45, 7) is 1.02. The predicted octanol–water partition coefficient (Wildman–Crippen LogP) is 2.40. The van der Waals surface area contributed by atoms with Gasteiger partial charge in [0, 0.05) is 0 Å². The number of anilines is 1. The molecule has 1 unspecified atom stereocenters. The van der Waals surface area contributed by atoms with E-state index in [1.165, 1.54) is 0 Å². The molecule has 1 fully saturated rings. The molecule has 1 aromatic carbocycles. The summed E-state index contributed by atoms with van der Waals surface area (Å²) in [5.41, 5.74) is 6.19. The quantitative estimate of drug-likeness (QED) is 0.898. The molecule has 1 atom stereocenters. The molecule has 0 radical (unpaired) electrons. The summed E-state index contributed by atoms with van der Waals surface area (Å²) >= 11 is 6.09. The summed E-state index contributed by atoms with van der Waals surface area (Å²) < 4.78 is 5.07. The van der Waals surface area contributed by atoms with E-state index >= 15 is 0 Å². The zero-order valence-electron chi connectivity index (χ0n) is 9.43. The molecular weight excluding hydrogens is 240 g/mol. The van der Waals surface area contributed by atoms with Gasteiger partial charge >= 0.3 is 6.09 Å². The average Bonchev–Trinajstić information content (AvgIpc) is 2.69. The number of rotatable bonds is 4. The van der Waals surface area contributed by atoms with Gasteiger partial charge in [0.1, 0.15) is 6.61 Å². The maximum Gasteiger partial charge on any atom is 0.414 e. The third-order valence-electron chi connectivity index (χ3n) is 2.81. The summed E-state index contributed by atoms with van der Waals surface area (Å²) in [4.78, 5) is 13.3. The van der Waals surface area contributed by atoms with Crippen LogP contribution in [0.15, 0.2) is 24.3 Å². The Balaban J connectivity index is 2.22. The topological polar surface area (TPSA) is 55.6 Å². The number of carbonyl (C=O) groups excluding carboxylic acids is 1. The standard InChI is InChI=1S/C12H15ClN2O2/c13-10-5-1-2-6-11(10)15-9(4-3-7-14)8-17-12(15)16/h1-2,5-6,9H,3-4,7-8,14H2. The van der Waals surface area contributed by atoms with E-state index in [-0.39, 0.29) is 12.1 Å². The molecule has 4 nitrogen and oxygen atoms in total. The molecule has 17 heavy (non-hydrogen) atoms. The van der Waals surface area contributed by atoms with Crippen LogP contribution in [0.3, 0.4) is 0 Å². The normalized spacial score (nSPS) is 19.5. The number of hydrogen-bond donors (Lipinski definition) is 1. The Morgan fingerprint density at radius 1 is 1.47 bits per heavy atom. The first-order valence-electron chi connectivity index (χ1n) is 5.64. The highest BCUT2D eigenvalue weighted by Gasteiger charge is 2.34. The summed E-state index contributed by atoms with van der Waals surface area (Å²) in [7, 11) is 0. The van der Waals surface area contributed by atoms with Gasteiger partial charge in [-0.15, -0.1) is 0 Å². The number of benzene rings is 1. The van der Waals surface area contributed by atoms with Crippen LogP contribution in [0.4, 0.5) is 10.5 Å². The molecule has 1 saturated heterocycles. The van der Waals surface area contributed by atoms with Gasteiger partial charge in [-0.25, -0.2) is 4.79 Å². The number of para-hydroxylation sites is 1. The van der Waals surface area contributed by atoms with Crippen molar-refractivity contribution in [2.24, 2.45) is 5.73 Å². The van der Waals surface area contributed by atoms with Crippen molar-refractivity contribution in [2.75, 3.05) is 18.1 Å². The molecule has 0 saturated carbocycles. The van der Waals surface area contributed by atoms with Crippen molar-refractivity contribution in [1.82, 2.24) is 0 Å². The second kappa shape index (κ2) is 5.38. The zero-order chi connectivity index (χ0) is 12.3. The lowest BCUT2D eigenvalue weighted by Crippen LogP contribution is -2.34. The smallest absolute Gasteiger partial charge is 0.414 e. The summed E-state index contributed by atoms with van der Waals surface area (Å²) in [5, 5.41) is 0.559. The number of ether oxygens (including phenoxy) is 1. The third-order valence-corrected chi connectivity index (χ3v) is 3.13. The first-order valence-corrected chi connectivity index (χ1v) is 6.02. The van der Waals surface area contributed by atoms with Crippen molar-refractivity contribution >= 4 is 23.4 Å². The van der Waals surface area contributed by atoms with E-state index in [0.29, 0.717) is 23.9 Å². The number of nitrogens with zero attached hydrogens (tertiary/aromatic N) is 1. The Kier molecular flexibility index (Phi) is 3.86. The van der Waals surface area contributed by atoms with Crippen LogP contribution in [-0.2, 0) is 4.74 Å². The van der Waals surface area contributed by atoms with E-state index in [1.54, 1.807) is 11.0 Å². The van der Waals surface area contributed by atoms with Crippen molar-refractivity contribution in [3.63, 3.8) is 0 Å². The first-order chi connectivity index (χ1) is 8.24. The zero-order valence-corrected chi connectivity index (χ0v) is 10.2. The van der Waals surface area contributed by atoms with Crippen LogP contribution in [0.2, 0.25) is 5.02 Å². The van der Waals surface area contributed by atoms with Crippen molar-refractivity contribution in [3.8, 4) is 0 Å². The lowest BCUT2D eigenvalue weighted by Gasteiger charge is -2.22. The highest BCUT2D eigenvalue weighted by atomic mass is 35.5. The van der Waals surface area contributed by atoms with Gasteiger partial charge in [-0.1, -0.05) is 23.7 Å². The van der Waals surface area contributed by atoms with Crippen molar-refractivity contribution in [3.05, 3.63) is 29.3 Å². The van der Waals surface area contributed by atoms with E-state index in [1.807, 2.05) is 18.2 Å². The third kappa shape index (κ3) is 2.53. The number of carbonyl (C=O) groups is 1. The van der Waals surface area contributed by atoms with E-state index < -0.39 is 0 Å². The molecule has 92 valence electrons. The Bertz CT molecular complexity index is 411. The number of cyclic esters (lactones) is 1. The molecule has 1 heterocycles. The highest BCUT2D eigenvalue weighted by Crippen LogP contribution is 2.31. The van der Waals surface area contributed by atoms with E-state index in [9.17, 15) is 4.79 Å². The van der Waals surface area contributed by atoms with Gasteiger partial charge in [-0.3, -0.25) is 4.90 Å². The van der Waals surface area contributed by atoms with Crippen LogP contribution in [0.5, 0.6) is 0 Å². The number of amides is 1. The molecule has 1 aliphatic heterocycles. The van der Waals surface area contributed by atoms with Crippen LogP contribution in [0.1, 0.15) is 12.8 Å². The fourth-order valence-electron chi connectivity index (χ4n) is 1.97. The minimum Gasteiger partial charge on any atom is -0.447 e. The van der Waals surface area contributed by atoms with Crippen LogP contribution in [0.25, 0.3) is 0 Å². The lowest BCUT2D eigenvalue weighted by molar-refractivity contribution is 0.178. The molecule has 1 aliphatic rings. The van der Waals surface area contributed by atoms with Crippen LogP contribution >= 0.6 is 11.6 Å². The molecule has 0 aliphatic carbocycles. The molecule has 1 amide bonds. The lowest BCUT2D eigenvalue weighted by atomic mass is 10.1. The van der Waals surface area contributed by atoms with Gasteiger partial charge in [0.05, 0.1) is 16.8 Å². The highest BCUT2D eigenvalue weighted by molar-refractivity contribution is 6.33. The molecule has 0 aromatic heterocycles. The monoisotopic (exact) mass is 254 g/mol. The molecule has 2 rings (SSSR count). The fourth-order valence-corrected chi connectivity index (χ4v) is 2.20. The molecule has 2 N–H and O–H groups in total. The van der Waals surface area contributed by atoms with Crippen LogP contribution < -0.4 is 10.6 Å². The Morgan fingerprint density at radius 2 is 2.24 bits per heavy atom. The molecule has 0 spiro atoms. The van der Waals surface area contributed by atoms with Gasteiger partial charge in [0.2, 0.25) is 0 Å². The molecule has 0 bridgehead atoms. The molecule has 1 aromatic rings. The second-order valence-corrected chi connectivity index (χ2v) is 4.39. The number of hydrogen-bond acceptors (Lipinski definition) is 3. The summed E-state index contributed by atoms with van der Waals surface area (Å²) in [6.07, 6.45) is 1.36. The van der Waals surface area contributed by atoms with Gasteiger partial charge in [0.15, 0.2) is 0 Å². The molecular formula is C12H15ClN2O2. The van der Waals surface area contributed by atoms with Crippen LogP contribution in [-0.4, -0.2) is 25.3 Å². The van der Waals surface area contributed by atoms with Crippen molar-refractivity contribution < 1.29 is 9.53 Å². The van der Waals surface area contributed by atoms with Gasteiger partial charge in [0.25, 0.3) is 0 Å². The van der Waals surface area contributed by atoms with Crippen molar-refractivity contribution in [2.45, 2.75) is 18.9 Å². The van der Waals surface area contributed by atoms with Crippen LogP contribution in [0, 0.1) is 0 Å². The Labute approximate surface area is 105 Å². The Morgan fingerprint density at radius 3 is 2.94 bits per heavy atom. The number of halogens is 1. The number of nitrogens with two attached hydrogens (primary N) is 1. The minimum absolute atomic E-state index is 0.0333. The second-order valence-electron chi connectivity index (χ2n) is 3.98. The van der Waals surface area contributed by atoms with Gasteiger partial charge < -0.3 is 10.5 Å². The van der Waals surface area contributed by atoms with E-state index in [2.05, 4.69) is 0 Å². The Hall–Kier alpha value is -1.26. The van der Waals surface area contributed by atoms with Crippen molar-refractivity contribution in [1.29, 1.82) is 0 Å². The maximum absolute atomic E-state index is 11.7. The SMILES string of the molecule is NCCCC1COC(=O)N1c1ccccc1Cl. The summed E-state index contributed by atoms with van der Waals surface area (Å²) in [6, 6.07) is 7.31. The van der Waals surface area contributed by atoms with E-state index in [4.69, 9.17) is 22.1 Å². The minimum atomic E-state index is -0.333. The van der Waals surface area contributed by atoms with Gasteiger partial charge in [-0.2, -0.15) is 0 Å². The predicted molar refractivity (Wildman–Crippen MR) is 67.4 cm³/mol. The first kappa shape index (κ1) is 12.2. The fraction of sp³-hybridized carbons (Fsp3) is 0.417. The largest absolute Gasteiger partial charge is 0.447 e. The van der Waals surface area contributed by atoms with E-state index in [0.717, 1.165) is 12.8 Å². The average molecular weight is 255 g/mol. The molecule has 5 heteroatoms. The van der Waals surface area contributed by atoms with Gasteiger partial charge in [-0.05, 0) is 31.5 Å².